The molecule has 3 nitrogen and oxygen atoms in total. The van der Waals surface area contributed by atoms with Crippen LogP contribution in [0.15, 0.2) is 41.4 Å². The van der Waals surface area contributed by atoms with Gasteiger partial charge in [0.05, 0.1) is 0 Å². The molecule has 0 fully saturated rings. The van der Waals surface area contributed by atoms with Crippen LogP contribution in [0.2, 0.25) is 0 Å². The van der Waals surface area contributed by atoms with E-state index in [1.54, 1.807) is 0 Å². The lowest BCUT2D eigenvalue weighted by atomic mass is 9.83. The van der Waals surface area contributed by atoms with Gasteiger partial charge >= 0.3 is 0 Å². The number of benzene rings is 1. The minimum absolute atomic E-state index is 0. The van der Waals surface area contributed by atoms with Gasteiger partial charge < -0.3 is 10.6 Å². The zero-order valence-electron chi connectivity index (χ0n) is 13.2. The average Bonchev–Trinajstić information content (AvgIpc) is 3.04. The number of nitrogens with one attached hydrogen (secondary N) is 2. The highest BCUT2D eigenvalue weighted by molar-refractivity contribution is 14.0. The van der Waals surface area contributed by atoms with Gasteiger partial charge in [-0.25, -0.2) is 0 Å². The van der Waals surface area contributed by atoms with Crippen LogP contribution in [0.1, 0.15) is 42.7 Å². The minimum Gasteiger partial charge on any atom is -0.356 e. The Morgan fingerprint density at radius 3 is 2.77 bits per heavy atom. The van der Waals surface area contributed by atoms with Crippen molar-refractivity contribution in [2.24, 2.45) is 4.99 Å². The van der Waals surface area contributed by atoms with Gasteiger partial charge in [-0.15, -0.1) is 24.0 Å². The summed E-state index contributed by atoms with van der Waals surface area (Å²) in [6.45, 7) is 0.969. The standard InChI is InChI=1S/C18H25N3.HI/c1-19-18(21-16-10-3-4-11-16)20-13-15-9-6-8-14-7-2-5-12-17(14)15;/h2-5,7,12,15-16H,6,8-11,13H2,1H3,(H2,19,20,21);1H. The lowest BCUT2D eigenvalue weighted by Gasteiger charge is -2.27. The van der Waals surface area contributed by atoms with Gasteiger partial charge in [-0.1, -0.05) is 36.4 Å². The molecule has 22 heavy (non-hydrogen) atoms. The third-order valence-corrected chi connectivity index (χ3v) is 4.58. The monoisotopic (exact) mass is 411 g/mol. The summed E-state index contributed by atoms with van der Waals surface area (Å²) in [5.41, 5.74) is 3.05. The highest BCUT2D eigenvalue weighted by Gasteiger charge is 2.20. The summed E-state index contributed by atoms with van der Waals surface area (Å²) in [5, 5.41) is 7.02. The van der Waals surface area contributed by atoms with E-state index in [1.807, 2.05) is 7.05 Å². The number of guanidine groups is 1. The molecule has 2 aliphatic carbocycles. The van der Waals surface area contributed by atoms with Crippen LogP contribution in [0.4, 0.5) is 0 Å². The Bertz CT molecular complexity index is 531. The number of aryl methyl sites for hydroxylation is 1. The van der Waals surface area contributed by atoms with E-state index in [0.717, 1.165) is 25.3 Å². The molecule has 1 atom stereocenters. The first kappa shape index (κ1) is 17.3. The topological polar surface area (TPSA) is 36.4 Å². The summed E-state index contributed by atoms with van der Waals surface area (Å²) in [6.07, 6.45) is 10.5. The van der Waals surface area contributed by atoms with E-state index in [2.05, 4.69) is 52.0 Å². The first-order valence-electron chi connectivity index (χ1n) is 8.07. The largest absolute Gasteiger partial charge is 0.356 e. The second kappa shape index (κ2) is 8.56. The molecule has 1 aromatic rings. The lowest BCUT2D eigenvalue weighted by molar-refractivity contribution is 0.535. The first-order chi connectivity index (χ1) is 10.4. The molecule has 0 aliphatic heterocycles. The summed E-state index contributed by atoms with van der Waals surface area (Å²) in [4.78, 5) is 4.36. The Balaban J connectivity index is 0.00000176. The molecule has 0 amide bonds. The van der Waals surface area contributed by atoms with Crippen molar-refractivity contribution in [2.45, 2.75) is 44.1 Å². The third kappa shape index (κ3) is 4.24. The molecule has 1 aromatic carbocycles. The van der Waals surface area contributed by atoms with E-state index in [0.29, 0.717) is 12.0 Å². The molecule has 2 N–H and O–H groups in total. The van der Waals surface area contributed by atoms with Crippen LogP contribution in [0.25, 0.3) is 0 Å². The average molecular weight is 411 g/mol. The normalized spacial score (nSPS) is 21.1. The van der Waals surface area contributed by atoms with Crippen LogP contribution >= 0.6 is 24.0 Å². The minimum atomic E-state index is 0. The Hall–Kier alpha value is -1.04. The van der Waals surface area contributed by atoms with Crippen molar-refractivity contribution in [3.05, 3.63) is 47.5 Å². The van der Waals surface area contributed by atoms with E-state index in [-0.39, 0.29) is 24.0 Å². The maximum Gasteiger partial charge on any atom is 0.191 e. The second-order valence-corrected chi connectivity index (χ2v) is 6.03. The van der Waals surface area contributed by atoms with Crippen LogP contribution in [-0.4, -0.2) is 25.6 Å². The van der Waals surface area contributed by atoms with Crippen molar-refractivity contribution < 1.29 is 0 Å². The number of halogens is 1. The van der Waals surface area contributed by atoms with Gasteiger partial charge in [0, 0.05) is 25.6 Å². The molecule has 0 saturated carbocycles. The Morgan fingerprint density at radius 1 is 1.23 bits per heavy atom. The molecule has 2 aliphatic rings. The van der Waals surface area contributed by atoms with Gasteiger partial charge in [0.15, 0.2) is 5.96 Å². The number of nitrogens with zero attached hydrogens (tertiary/aromatic N) is 1. The lowest BCUT2D eigenvalue weighted by Crippen LogP contribution is -2.44. The molecule has 0 bridgehead atoms. The Kier molecular flexibility index (Phi) is 6.73. The second-order valence-electron chi connectivity index (χ2n) is 6.03. The molecule has 1 unspecified atom stereocenters. The van der Waals surface area contributed by atoms with Crippen molar-refractivity contribution >= 4 is 29.9 Å². The molecular formula is C18H26IN3. The van der Waals surface area contributed by atoms with Crippen molar-refractivity contribution in [3.8, 4) is 0 Å². The summed E-state index contributed by atoms with van der Waals surface area (Å²) < 4.78 is 0. The molecular weight excluding hydrogens is 385 g/mol. The van der Waals surface area contributed by atoms with Crippen LogP contribution < -0.4 is 10.6 Å². The number of hydrogen-bond acceptors (Lipinski definition) is 1. The molecule has 0 saturated heterocycles. The smallest absolute Gasteiger partial charge is 0.191 e. The molecule has 0 spiro atoms. The Morgan fingerprint density at radius 2 is 2.00 bits per heavy atom. The zero-order chi connectivity index (χ0) is 14.5. The maximum absolute atomic E-state index is 4.36. The number of hydrogen-bond donors (Lipinski definition) is 2. The zero-order valence-corrected chi connectivity index (χ0v) is 15.5. The number of fused-ring (bicyclic) bond motifs is 1. The van der Waals surface area contributed by atoms with Crippen molar-refractivity contribution in [2.75, 3.05) is 13.6 Å². The van der Waals surface area contributed by atoms with E-state index in [9.17, 15) is 0 Å². The highest BCUT2D eigenvalue weighted by Crippen LogP contribution is 2.30. The predicted octanol–water partition coefficient (Wildman–Crippen LogP) is 3.61. The fraction of sp³-hybridized carbons (Fsp3) is 0.500. The fourth-order valence-corrected chi connectivity index (χ4v) is 3.41. The van der Waals surface area contributed by atoms with E-state index >= 15 is 0 Å². The van der Waals surface area contributed by atoms with E-state index in [4.69, 9.17) is 0 Å². The molecule has 4 heteroatoms. The maximum atomic E-state index is 4.36. The van der Waals surface area contributed by atoms with Gasteiger partial charge in [-0.3, -0.25) is 4.99 Å². The number of rotatable bonds is 3. The first-order valence-corrected chi connectivity index (χ1v) is 8.07. The van der Waals surface area contributed by atoms with Gasteiger partial charge in [0.25, 0.3) is 0 Å². The van der Waals surface area contributed by atoms with Crippen LogP contribution in [0, 0.1) is 0 Å². The predicted molar refractivity (Wildman–Crippen MR) is 104 cm³/mol. The molecule has 0 aromatic heterocycles. The van der Waals surface area contributed by atoms with Crippen LogP contribution in [0.5, 0.6) is 0 Å². The van der Waals surface area contributed by atoms with Crippen molar-refractivity contribution in [1.29, 1.82) is 0 Å². The highest BCUT2D eigenvalue weighted by atomic mass is 127. The summed E-state index contributed by atoms with van der Waals surface area (Å²) in [6, 6.07) is 9.39. The van der Waals surface area contributed by atoms with Crippen molar-refractivity contribution in [3.63, 3.8) is 0 Å². The molecule has 120 valence electrons. The SMILES string of the molecule is CN=C(NCC1CCCc2ccccc21)NC1CC=CC1.I. The third-order valence-electron chi connectivity index (χ3n) is 4.58. The van der Waals surface area contributed by atoms with E-state index < -0.39 is 0 Å². The van der Waals surface area contributed by atoms with Gasteiger partial charge in [-0.05, 0) is 43.2 Å². The molecule has 3 rings (SSSR count). The van der Waals surface area contributed by atoms with Gasteiger partial charge in [-0.2, -0.15) is 0 Å². The summed E-state index contributed by atoms with van der Waals surface area (Å²) in [5.74, 6) is 1.54. The Labute approximate surface area is 150 Å². The van der Waals surface area contributed by atoms with E-state index in [1.165, 1.54) is 30.4 Å². The fourth-order valence-electron chi connectivity index (χ4n) is 3.41. The van der Waals surface area contributed by atoms with Crippen molar-refractivity contribution in [1.82, 2.24) is 10.6 Å². The van der Waals surface area contributed by atoms with Gasteiger partial charge in [0.2, 0.25) is 0 Å². The summed E-state index contributed by atoms with van der Waals surface area (Å²) >= 11 is 0. The van der Waals surface area contributed by atoms with Crippen LogP contribution in [0.3, 0.4) is 0 Å². The molecule has 0 heterocycles. The van der Waals surface area contributed by atoms with Gasteiger partial charge in [0.1, 0.15) is 0 Å². The quantitative estimate of drug-likeness (QED) is 0.345. The molecule has 0 radical (unpaired) electrons. The summed E-state index contributed by atoms with van der Waals surface area (Å²) in [7, 11) is 1.85. The van der Waals surface area contributed by atoms with Crippen LogP contribution in [-0.2, 0) is 6.42 Å². The number of aliphatic imine (C=N–C) groups is 1.